The lowest BCUT2D eigenvalue weighted by Gasteiger charge is -2.13. The molecule has 0 fully saturated rings. The molecule has 2 aromatic heterocycles. The summed E-state index contributed by atoms with van der Waals surface area (Å²) in [7, 11) is 3.13. The predicted octanol–water partition coefficient (Wildman–Crippen LogP) is 4.59. The van der Waals surface area contributed by atoms with Crippen molar-refractivity contribution in [2.45, 2.75) is 31.3 Å². The van der Waals surface area contributed by atoms with Gasteiger partial charge in [-0.1, -0.05) is 11.8 Å². The third-order valence-electron chi connectivity index (χ3n) is 6.28. The number of ether oxygens (including phenoxy) is 3. The lowest BCUT2D eigenvalue weighted by Crippen LogP contribution is -2.24. The monoisotopic (exact) mass is 564 g/mol. The zero-order chi connectivity index (χ0) is 27.4. The van der Waals surface area contributed by atoms with E-state index in [9.17, 15) is 9.59 Å². The van der Waals surface area contributed by atoms with E-state index in [1.807, 2.05) is 31.2 Å². The van der Waals surface area contributed by atoms with E-state index >= 15 is 0 Å². The van der Waals surface area contributed by atoms with Gasteiger partial charge in [0.15, 0.2) is 5.16 Å². The smallest absolute Gasteiger partial charge is 0.267 e. The molecule has 39 heavy (non-hydrogen) atoms. The molecule has 0 atom stereocenters. The molecular weight excluding hydrogens is 536 g/mol. The zero-order valence-corrected chi connectivity index (χ0v) is 23.5. The number of amides is 1. The van der Waals surface area contributed by atoms with Crippen LogP contribution >= 0.6 is 23.1 Å². The van der Waals surface area contributed by atoms with E-state index in [1.165, 1.54) is 22.9 Å². The van der Waals surface area contributed by atoms with Crippen molar-refractivity contribution < 1.29 is 19.0 Å². The van der Waals surface area contributed by atoms with Gasteiger partial charge in [-0.05, 0) is 68.1 Å². The van der Waals surface area contributed by atoms with Crippen LogP contribution in [0, 0.1) is 0 Å². The van der Waals surface area contributed by atoms with Gasteiger partial charge in [-0.15, -0.1) is 11.3 Å². The molecule has 0 aliphatic heterocycles. The van der Waals surface area contributed by atoms with Crippen molar-refractivity contribution in [2.75, 3.05) is 26.6 Å². The second-order valence-corrected chi connectivity index (χ2v) is 10.7. The first-order valence-corrected chi connectivity index (χ1v) is 14.3. The molecule has 2 aromatic carbocycles. The van der Waals surface area contributed by atoms with Crippen molar-refractivity contribution >= 4 is 45.4 Å². The second kappa shape index (κ2) is 11.9. The van der Waals surface area contributed by atoms with Crippen LogP contribution in [0.25, 0.3) is 15.9 Å². The third-order valence-corrected chi connectivity index (χ3v) is 8.40. The molecule has 0 saturated carbocycles. The number of nitrogens with one attached hydrogen (secondary N) is 1. The minimum absolute atomic E-state index is 0.0250. The van der Waals surface area contributed by atoms with Crippen LogP contribution in [-0.2, 0) is 17.6 Å². The van der Waals surface area contributed by atoms with E-state index in [4.69, 9.17) is 19.2 Å². The Labute approximate surface area is 233 Å². The number of thiophene rings is 1. The van der Waals surface area contributed by atoms with Crippen molar-refractivity contribution in [1.29, 1.82) is 0 Å². The van der Waals surface area contributed by atoms with Gasteiger partial charge < -0.3 is 14.2 Å². The van der Waals surface area contributed by atoms with Crippen LogP contribution in [-0.4, -0.2) is 48.3 Å². The lowest BCUT2D eigenvalue weighted by atomic mass is 10.2. The van der Waals surface area contributed by atoms with E-state index in [0.29, 0.717) is 39.9 Å². The summed E-state index contributed by atoms with van der Waals surface area (Å²) in [6.07, 6.45) is 4.43. The molecule has 1 N–H and O–H groups in total. The van der Waals surface area contributed by atoms with Crippen molar-refractivity contribution in [3.63, 3.8) is 0 Å². The number of carbonyl (C=O) groups excluding carboxylic acids is 1. The maximum Gasteiger partial charge on any atom is 0.267 e. The Kier molecular flexibility index (Phi) is 8.18. The number of benzene rings is 2. The molecule has 0 spiro atoms. The van der Waals surface area contributed by atoms with Crippen molar-refractivity contribution in [3.8, 4) is 22.9 Å². The highest BCUT2D eigenvalue weighted by Crippen LogP contribution is 2.36. The average Bonchev–Trinajstić information content (AvgIpc) is 3.54. The minimum atomic E-state index is -0.329. The largest absolute Gasteiger partial charge is 0.497 e. The van der Waals surface area contributed by atoms with E-state index in [-0.39, 0.29) is 17.2 Å². The second-order valence-electron chi connectivity index (χ2n) is 8.69. The van der Waals surface area contributed by atoms with Crippen LogP contribution in [0.4, 0.5) is 0 Å². The van der Waals surface area contributed by atoms with E-state index in [1.54, 1.807) is 48.3 Å². The molecule has 0 bridgehead atoms. The van der Waals surface area contributed by atoms with Gasteiger partial charge in [0.2, 0.25) is 0 Å². The molecule has 202 valence electrons. The molecule has 1 aliphatic carbocycles. The number of fused-ring (bicyclic) bond motifs is 3. The number of nitrogens with zero attached hydrogens (tertiary/aromatic N) is 3. The van der Waals surface area contributed by atoms with E-state index in [0.717, 1.165) is 35.4 Å². The van der Waals surface area contributed by atoms with Gasteiger partial charge >= 0.3 is 0 Å². The Bertz CT molecular complexity index is 1590. The molecule has 11 heteroatoms. The van der Waals surface area contributed by atoms with Crippen LogP contribution in [0.2, 0.25) is 0 Å². The SMILES string of the molecule is CCOc1ccc(-n2c(SCC(=O)NN=Cc3ccc(OC)cc3OC)nc3sc4c(c3c2=O)CCC4)cc1. The number of hydrazone groups is 1. The molecule has 1 amide bonds. The fraction of sp³-hybridized carbons (Fsp3) is 0.286. The number of thioether (sulfide) groups is 1. The Morgan fingerprint density at radius 3 is 2.69 bits per heavy atom. The Morgan fingerprint density at radius 2 is 1.95 bits per heavy atom. The number of aryl methyl sites for hydroxylation is 2. The summed E-state index contributed by atoms with van der Waals surface area (Å²) in [5.41, 5.74) is 4.90. The maximum atomic E-state index is 13.8. The maximum absolute atomic E-state index is 13.8. The zero-order valence-electron chi connectivity index (χ0n) is 21.9. The van der Waals surface area contributed by atoms with Crippen LogP contribution in [0.15, 0.2) is 57.5 Å². The molecular formula is C28H28N4O5S2. The lowest BCUT2D eigenvalue weighted by molar-refractivity contribution is -0.118. The summed E-state index contributed by atoms with van der Waals surface area (Å²) in [4.78, 5) is 33.3. The highest BCUT2D eigenvalue weighted by molar-refractivity contribution is 7.99. The molecule has 0 radical (unpaired) electrons. The highest BCUT2D eigenvalue weighted by Gasteiger charge is 2.24. The fourth-order valence-electron chi connectivity index (χ4n) is 4.47. The number of rotatable bonds is 10. The number of hydrogen-bond donors (Lipinski definition) is 1. The predicted molar refractivity (Wildman–Crippen MR) is 154 cm³/mol. The van der Waals surface area contributed by atoms with Crippen LogP contribution in [0.5, 0.6) is 17.2 Å². The molecule has 5 rings (SSSR count). The average molecular weight is 565 g/mol. The van der Waals surface area contributed by atoms with Gasteiger partial charge in [-0.25, -0.2) is 10.4 Å². The van der Waals surface area contributed by atoms with E-state index < -0.39 is 0 Å². The van der Waals surface area contributed by atoms with Crippen LogP contribution in [0.3, 0.4) is 0 Å². The molecule has 9 nitrogen and oxygen atoms in total. The fourth-order valence-corrected chi connectivity index (χ4v) is 6.58. The highest BCUT2D eigenvalue weighted by atomic mass is 32.2. The first-order chi connectivity index (χ1) is 19.0. The summed E-state index contributed by atoms with van der Waals surface area (Å²) >= 11 is 2.77. The normalized spacial score (nSPS) is 12.6. The number of carbonyl (C=O) groups is 1. The van der Waals surface area contributed by atoms with Gasteiger partial charge in [0.25, 0.3) is 11.5 Å². The summed E-state index contributed by atoms with van der Waals surface area (Å²) in [5.74, 6) is 1.64. The number of aromatic nitrogens is 2. The van der Waals surface area contributed by atoms with Crippen LogP contribution in [0.1, 0.15) is 29.3 Å². The van der Waals surface area contributed by atoms with Gasteiger partial charge in [0.1, 0.15) is 22.1 Å². The molecule has 0 saturated heterocycles. The van der Waals surface area contributed by atoms with Gasteiger partial charge in [-0.3, -0.25) is 14.2 Å². The molecule has 0 unspecified atom stereocenters. The summed E-state index contributed by atoms with van der Waals surface area (Å²) in [5, 5.41) is 5.21. The number of hydrogen-bond acceptors (Lipinski definition) is 9. The summed E-state index contributed by atoms with van der Waals surface area (Å²) in [6.45, 7) is 2.47. The van der Waals surface area contributed by atoms with Gasteiger partial charge in [0, 0.05) is 16.5 Å². The summed E-state index contributed by atoms with van der Waals surface area (Å²) in [6, 6.07) is 12.6. The standard InChI is InChI=1S/C28H28N4O5S2/c1-4-37-19-12-9-18(10-13-19)32-27(34)25-21-6-5-7-23(21)39-26(25)30-28(32)38-16-24(33)31-29-15-17-8-11-20(35-2)14-22(17)36-3/h8-15H,4-7,16H2,1-3H3,(H,31,33). The van der Waals surface area contributed by atoms with Crippen molar-refractivity contribution in [2.24, 2.45) is 5.10 Å². The van der Waals surface area contributed by atoms with Crippen molar-refractivity contribution in [3.05, 3.63) is 68.8 Å². The Balaban J connectivity index is 1.38. The third kappa shape index (κ3) is 5.64. The topological polar surface area (TPSA) is 104 Å². The Morgan fingerprint density at radius 1 is 1.15 bits per heavy atom. The Hall–Kier alpha value is -3.83. The van der Waals surface area contributed by atoms with E-state index in [2.05, 4.69) is 10.5 Å². The molecule has 4 aromatic rings. The first-order valence-electron chi connectivity index (χ1n) is 12.5. The quantitative estimate of drug-likeness (QED) is 0.130. The van der Waals surface area contributed by atoms with Crippen molar-refractivity contribution in [1.82, 2.24) is 15.0 Å². The minimum Gasteiger partial charge on any atom is -0.497 e. The molecule has 2 heterocycles. The molecule has 1 aliphatic rings. The number of methoxy groups -OCH3 is 2. The first kappa shape index (κ1) is 26.8. The summed E-state index contributed by atoms with van der Waals surface area (Å²) < 4.78 is 17.7. The van der Waals surface area contributed by atoms with Gasteiger partial charge in [0.05, 0.1) is 43.9 Å². The van der Waals surface area contributed by atoms with Gasteiger partial charge in [-0.2, -0.15) is 5.10 Å². The van der Waals surface area contributed by atoms with Crippen LogP contribution < -0.4 is 25.2 Å².